The quantitative estimate of drug-likeness (QED) is 0.302. The number of hydrogen-bond donors (Lipinski definition) is 1. The molecule has 2 aromatic carbocycles. The summed E-state index contributed by atoms with van der Waals surface area (Å²) in [6.45, 7) is 4.04. The van der Waals surface area contributed by atoms with Crippen molar-refractivity contribution in [3.8, 4) is 0 Å². The normalized spacial score (nSPS) is 16.3. The van der Waals surface area contributed by atoms with Gasteiger partial charge in [0.2, 0.25) is 5.91 Å². The van der Waals surface area contributed by atoms with Crippen LogP contribution < -0.4 is 5.32 Å². The number of anilines is 1. The number of benzene rings is 2. The summed E-state index contributed by atoms with van der Waals surface area (Å²) in [4.78, 5) is 17.7. The van der Waals surface area contributed by atoms with Crippen LogP contribution in [0.2, 0.25) is 0 Å². The third-order valence-electron chi connectivity index (χ3n) is 7.22. The minimum atomic E-state index is -0.696. The lowest BCUT2D eigenvalue weighted by Crippen LogP contribution is -2.37. The Labute approximate surface area is 205 Å². The van der Waals surface area contributed by atoms with Crippen LogP contribution in [0.25, 0.3) is 10.9 Å². The Hall–Kier alpha value is -2.99. The van der Waals surface area contributed by atoms with Crippen LogP contribution in [0.4, 0.5) is 5.13 Å². The van der Waals surface area contributed by atoms with E-state index in [-0.39, 0.29) is 11.8 Å². The number of carbonyl (C=O) groups is 1. The maximum absolute atomic E-state index is 13.5. The molecule has 5 nitrogen and oxygen atoms in total. The Morgan fingerprint density at radius 1 is 1.06 bits per heavy atom. The molecule has 2 aromatic heterocycles. The van der Waals surface area contributed by atoms with Crippen LogP contribution in [-0.2, 0) is 4.79 Å². The van der Waals surface area contributed by atoms with Gasteiger partial charge in [-0.25, -0.2) is 4.98 Å². The third-order valence-corrected chi connectivity index (χ3v) is 7.90. The second-order valence-corrected chi connectivity index (χ2v) is 10.8. The monoisotopic (exact) mass is 472 g/mol. The molecule has 5 rings (SSSR count). The first kappa shape index (κ1) is 22.8. The summed E-state index contributed by atoms with van der Waals surface area (Å²) >= 11 is 1.44. The predicted octanol–water partition coefficient (Wildman–Crippen LogP) is 7.18. The van der Waals surface area contributed by atoms with Gasteiger partial charge < -0.3 is 5.32 Å². The molecule has 0 saturated heterocycles. The number of amides is 1. The van der Waals surface area contributed by atoms with E-state index in [1.165, 1.54) is 55.4 Å². The van der Waals surface area contributed by atoms with E-state index in [4.69, 9.17) is 5.10 Å². The zero-order valence-electron chi connectivity index (χ0n) is 19.9. The fourth-order valence-electron chi connectivity index (χ4n) is 5.39. The van der Waals surface area contributed by atoms with E-state index in [1.54, 1.807) is 6.20 Å². The van der Waals surface area contributed by atoms with Gasteiger partial charge >= 0.3 is 0 Å². The Balaban J connectivity index is 1.52. The number of hydrogen-bond acceptors (Lipinski definition) is 4. The second kappa shape index (κ2) is 9.71. The highest BCUT2D eigenvalue weighted by atomic mass is 32.1. The lowest BCUT2D eigenvalue weighted by Gasteiger charge is -2.34. The maximum atomic E-state index is 13.5. The first-order chi connectivity index (χ1) is 16.5. The summed E-state index contributed by atoms with van der Waals surface area (Å²) in [7, 11) is 0. The average Bonchev–Trinajstić information content (AvgIpc) is 3.42. The molecular weight excluding hydrogens is 440 g/mol. The number of aromatic nitrogens is 3. The van der Waals surface area contributed by atoms with Crippen molar-refractivity contribution in [2.45, 2.75) is 64.3 Å². The first-order valence-electron chi connectivity index (χ1n) is 12.3. The van der Waals surface area contributed by atoms with Crippen molar-refractivity contribution in [3.63, 3.8) is 0 Å². The number of nitrogens with zero attached hydrogens (tertiary/aromatic N) is 3. The van der Waals surface area contributed by atoms with Crippen molar-refractivity contribution in [2.24, 2.45) is 5.41 Å². The van der Waals surface area contributed by atoms with E-state index in [2.05, 4.69) is 45.3 Å². The van der Waals surface area contributed by atoms with E-state index in [0.29, 0.717) is 11.2 Å². The maximum Gasteiger partial charge on any atom is 0.232 e. The van der Waals surface area contributed by atoms with Crippen LogP contribution in [-0.4, -0.2) is 20.7 Å². The van der Waals surface area contributed by atoms with Gasteiger partial charge in [0.1, 0.15) is 0 Å². The van der Waals surface area contributed by atoms with Crippen LogP contribution in [0.3, 0.4) is 0 Å². The van der Waals surface area contributed by atoms with E-state index < -0.39 is 5.41 Å². The van der Waals surface area contributed by atoms with Crippen molar-refractivity contribution >= 4 is 33.3 Å². The lowest BCUT2D eigenvalue weighted by atomic mass is 9.70. The van der Waals surface area contributed by atoms with Gasteiger partial charge in [0.15, 0.2) is 5.13 Å². The van der Waals surface area contributed by atoms with Crippen molar-refractivity contribution in [2.75, 3.05) is 5.32 Å². The summed E-state index contributed by atoms with van der Waals surface area (Å²) < 4.78 is 2.24. The Bertz CT molecular complexity index is 1240. The molecule has 1 saturated carbocycles. The fraction of sp³-hybridized carbons (Fsp3) is 0.393. The molecule has 1 atom stereocenters. The van der Waals surface area contributed by atoms with E-state index in [0.717, 1.165) is 16.5 Å². The molecule has 34 heavy (non-hydrogen) atoms. The highest BCUT2D eigenvalue weighted by Gasteiger charge is 2.39. The van der Waals surface area contributed by atoms with Gasteiger partial charge in [-0.05, 0) is 36.1 Å². The molecule has 4 aromatic rings. The van der Waals surface area contributed by atoms with Gasteiger partial charge in [0.25, 0.3) is 0 Å². The average molecular weight is 473 g/mol. The largest absolute Gasteiger partial charge is 0.301 e. The molecule has 0 aliphatic heterocycles. The smallest absolute Gasteiger partial charge is 0.232 e. The van der Waals surface area contributed by atoms with E-state index in [1.807, 2.05) is 43.6 Å². The number of nitrogens with one attached hydrogen (secondary N) is 1. The highest BCUT2D eigenvalue weighted by Crippen LogP contribution is 2.43. The number of fused-ring (bicyclic) bond motifs is 1. The van der Waals surface area contributed by atoms with Gasteiger partial charge in [-0.2, -0.15) is 5.10 Å². The summed E-state index contributed by atoms with van der Waals surface area (Å²) in [5, 5.41) is 11.5. The Kier molecular flexibility index (Phi) is 6.50. The number of rotatable bonds is 6. The molecule has 1 fully saturated rings. The lowest BCUT2D eigenvalue weighted by molar-refractivity contribution is -0.124. The van der Waals surface area contributed by atoms with Crippen molar-refractivity contribution in [3.05, 3.63) is 77.4 Å². The standard InChI is InChI=1S/C28H32N4OS/c1-28(2,26(33)31-27-29-16-17-34-27)25(20-10-6-5-7-11-20)21-14-15-24-22(18-21)19-30-32(24)23-12-8-3-4-9-13-23/h5-7,10-11,14-19,23,25H,3-4,8-9,12-13H2,1-2H3,(H,29,31,33). The van der Waals surface area contributed by atoms with Gasteiger partial charge in [-0.15, -0.1) is 11.3 Å². The van der Waals surface area contributed by atoms with Crippen molar-refractivity contribution in [1.82, 2.24) is 14.8 Å². The molecule has 1 aliphatic rings. The summed E-state index contributed by atoms with van der Waals surface area (Å²) in [6, 6.07) is 17.4. The van der Waals surface area contributed by atoms with Crippen LogP contribution in [0.15, 0.2) is 66.3 Å². The summed E-state index contributed by atoms with van der Waals surface area (Å²) in [6.07, 6.45) is 11.3. The Morgan fingerprint density at radius 3 is 2.53 bits per heavy atom. The van der Waals surface area contributed by atoms with Crippen LogP contribution in [0, 0.1) is 5.41 Å². The molecule has 2 heterocycles. The predicted molar refractivity (Wildman–Crippen MR) is 139 cm³/mol. The number of thiazole rings is 1. The molecule has 1 unspecified atom stereocenters. The van der Waals surface area contributed by atoms with Gasteiger partial charge in [-0.1, -0.05) is 75.9 Å². The molecule has 1 aliphatic carbocycles. The van der Waals surface area contributed by atoms with Crippen molar-refractivity contribution < 1.29 is 4.79 Å². The Morgan fingerprint density at radius 2 is 1.82 bits per heavy atom. The topological polar surface area (TPSA) is 59.8 Å². The van der Waals surface area contributed by atoms with Crippen LogP contribution >= 0.6 is 11.3 Å². The second-order valence-electron chi connectivity index (χ2n) is 9.91. The molecule has 0 radical (unpaired) electrons. The minimum absolute atomic E-state index is 0.0365. The first-order valence-corrected chi connectivity index (χ1v) is 13.1. The van der Waals surface area contributed by atoms with Crippen LogP contribution in [0.1, 0.15) is 75.5 Å². The fourth-order valence-corrected chi connectivity index (χ4v) is 5.91. The van der Waals surface area contributed by atoms with E-state index >= 15 is 0 Å². The van der Waals surface area contributed by atoms with E-state index in [9.17, 15) is 4.79 Å². The molecule has 1 N–H and O–H groups in total. The van der Waals surface area contributed by atoms with Crippen LogP contribution in [0.5, 0.6) is 0 Å². The third kappa shape index (κ3) is 4.51. The SMILES string of the molecule is CC(C)(C(=O)Nc1nccs1)C(c1ccccc1)c1ccc2c(cnn2C2CCCCCC2)c1. The minimum Gasteiger partial charge on any atom is -0.301 e. The van der Waals surface area contributed by atoms with Gasteiger partial charge in [-0.3, -0.25) is 9.48 Å². The highest BCUT2D eigenvalue weighted by molar-refractivity contribution is 7.13. The zero-order chi connectivity index (χ0) is 23.5. The molecular formula is C28H32N4OS. The molecule has 6 heteroatoms. The molecule has 176 valence electrons. The molecule has 0 spiro atoms. The summed E-state index contributed by atoms with van der Waals surface area (Å²) in [5.41, 5.74) is 2.74. The zero-order valence-corrected chi connectivity index (χ0v) is 20.7. The molecule has 0 bridgehead atoms. The van der Waals surface area contributed by atoms with Crippen molar-refractivity contribution in [1.29, 1.82) is 0 Å². The molecule has 1 amide bonds. The van der Waals surface area contributed by atoms with Gasteiger partial charge in [0.05, 0.1) is 23.2 Å². The van der Waals surface area contributed by atoms with Gasteiger partial charge in [0, 0.05) is 22.9 Å². The summed E-state index contributed by atoms with van der Waals surface area (Å²) in [5.74, 6) is -0.148. The number of carbonyl (C=O) groups excluding carboxylic acids is 1.